The first-order valence-electron chi connectivity index (χ1n) is 11.5. The fourth-order valence-electron chi connectivity index (χ4n) is 4.89. The van der Waals surface area contributed by atoms with Crippen LogP contribution in [0.1, 0.15) is 41.4 Å². The molecule has 0 saturated carbocycles. The van der Waals surface area contributed by atoms with E-state index in [1.165, 1.54) is 11.1 Å². The Morgan fingerprint density at radius 2 is 1.82 bits per heavy atom. The summed E-state index contributed by atoms with van der Waals surface area (Å²) in [6.07, 6.45) is 3.11. The van der Waals surface area contributed by atoms with Crippen molar-refractivity contribution in [1.29, 1.82) is 0 Å². The Morgan fingerprint density at radius 3 is 2.59 bits per heavy atom. The minimum Gasteiger partial charge on any atom is -0.321 e. The van der Waals surface area contributed by atoms with E-state index in [1.54, 1.807) is 18.5 Å². The zero-order chi connectivity index (χ0) is 24.0. The smallest absolute Gasteiger partial charge is 0.321 e. The molecule has 4 amide bonds. The second kappa shape index (κ2) is 8.13. The summed E-state index contributed by atoms with van der Waals surface area (Å²) in [5.41, 5.74) is 4.92. The molecule has 0 bridgehead atoms. The van der Waals surface area contributed by atoms with Crippen LogP contribution in [-0.4, -0.2) is 39.1 Å². The lowest BCUT2D eigenvalue weighted by molar-refractivity contribution is -0.133. The van der Waals surface area contributed by atoms with Crippen LogP contribution in [0.3, 0.4) is 0 Å². The maximum atomic E-state index is 13.3. The second-order valence-electron chi connectivity index (χ2n) is 9.12. The van der Waals surface area contributed by atoms with Crippen molar-refractivity contribution in [2.75, 3.05) is 11.9 Å². The standard InChI is InChI=1S/C26H27N5O3/c1-16-23(17(2)31(29-16)21-10-5-4-6-11-21)27-22(32)15-30-24(33)26(3,28-25(30)34)20-13-12-18-8-7-9-19(18)14-20/h4-6,10-14H,7-9,15H2,1-3H3,(H,27,32)(H,28,34)/t26-/m0/s1. The number of nitrogens with zero attached hydrogens (tertiary/aromatic N) is 3. The third-order valence-corrected chi connectivity index (χ3v) is 6.81. The van der Waals surface area contributed by atoms with Crippen LogP contribution in [0.5, 0.6) is 0 Å². The number of aryl methyl sites for hydroxylation is 3. The number of imide groups is 1. The Labute approximate surface area is 197 Å². The van der Waals surface area contributed by atoms with E-state index < -0.39 is 23.4 Å². The monoisotopic (exact) mass is 457 g/mol. The molecular weight excluding hydrogens is 430 g/mol. The number of fused-ring (bicyclic) bond motifs is 1. The summed E-state index contributed by atoms with van der Waals surface area (Å²) in [6, 6.07) is 15.0. The third kappa shape index (κ3) is 3.55. The van der Waals surface area contributed by atoms with E-state index >= 15 is 0 Å². The van der Waals surface area contributed by atoms with Crippen molar-refractivity contribution in [2.24, 2.45) is 0 Å². The number of para-hydroxylation sites is 1. The zero-order valence-electron chi connectivity index (χ0n) is 19.5. The lowest BCUT2D eigenvalue weighted by atomic mass is 9.89. The van der Waals surface area contributed by atoms with Gasteiger partial charge in [-0.2, -0.15) is 5.10 Å². The number of rotatable bonds is 5. The molecule has 8 nitrogen and oxygen atoms in total. The van der Waals surface area contributed by atoms with E-state index in [-0.39, 0.29) is 6.54 Å². The number of amides is 4. The van der Waals surface area contributed by atoms with Gasteiger partial charge in [0, 0.05) is 0 Å². The summed E-state index contributed by atoms with van der Waals surface area (Å²) in [7, 11) is 0. The molecule has 2 heterocycles. The summed E-state index contributed by atoms with van der Waals surface area (Å²) < 4.78 is 1.75. The van der Waals surface area contributed by atoms with Gasteiger partial charge in [0.2, 0.25) is 5.91 Å². The van der Waals surface area contributed by atoms with Gasteiger partial charge in [-0.1, -0.05) is 36.4 Å². The predicted octanol–water partition coefficient (Wildman–Crippen LogP) is 3.38. The van der Waals surface area contributed by atoms with Crippen LogP contribution in [0.4, 0.5) is 10.5 Å². The highest BCUT2D eigenvalue weighted by Crippen LogP contribution is 2.32. The summed E-state index contributed by atoms with van der Waals surface area (Å²) >= 11 is 0. The van der Waals surface area contributed by atoms with Crippen molar-refractivity contribution in [3.8, 4) is 5.69 Å². The first-order chi connectivity index (χ1) is 16.3. The molecule has 34 heavy (non-hydrogen) atoms. The highest BCUT2D eigenvalue weighted by atomic mass is 16.2. The molecule has 1 saturated heterocycles. The average Bonchev–Trinajstić information content (AvgIpc) is 3.47. The van der Waals surface area contributed by atoms with Crippen molar-refractivity contribution in [3.05, 3.63) is 76.6 Å². The number of aromatic nitrogens is 2. The van der Waals surface area contributed by atoms with Crippen molar-refractivity contribution in [1.82, 2.24) is 20.0 Å². The summed E-state index contributed by atoms with van der Waals surface area (Å²) in [5.74, 6) is -0.889. The zero-order valence-corrected chi connectivity index (χ0v) is 19.5. The van der Waals surface area contributed by atoms with Crippen LogP contribution in [0.2, 0.25) is 0 Å². The molecule has 1 fully saturated rings. The number of carbonyl (C=O) groups excluding carboxylic acids is 3. The number of benzene rings is 2. The lowest BCUT2D eigenvalue weighted by Crippen LogP contribution is -2.42. The number of urea groups is 1. The molecule has 2 N–H and O–H groups in total. The molecule has 5 rings (SSSR count). The predicted molar refractivity (Wildman–Crippen MR) is 128 cm³/mol. The van der Waals surface area contributed by atoms with Crippen molar-refractivity contribution >= 4 is 23.5 Å². The van der Waals surface area contributed by atoms with Gasteiger partial charge in [-0.05, 0) is 68.9 Å². The fourth-order valence-corrected chi connectivity index (χ4v) is 4.89. The minimum atomic E-state index is -1.20. The van der Waals surface area contributed by atoms with Gasteiger partial charge in [-0.25, -0.2) is 9.48 Å². The molecule has 1 atom stereocenters. The Morgan fingerprint density at radius 1 is 1.09 bits per heavy atom. The number of nitrogens with one attached hydrogen (secondary N) is 2. The van der Waals surface area contributed by atoms with Crippen LogP contribution in [-0.2, 0) is 28.0 Å². The molecule has 1 aliphatic heterocycles. The third-order valence-electron chi connectivity index (χ3n) is 6.81. The Hall–Kier alpha value is -3.94. The number of carbonyl (C=O) groups is 3. The SMILES string of the molecule is Cc1nn(-c2ccccc2)c(C)c1NC(=O)CN1C(=O)N[C@@](C)(c2ccc3c(c2)CCC3)C1=O. The fraction of sp³-hybridized carbons (Fsp3) is 0.308. The van der Waals surface area contributed by atoms with Gasteiger partial charge in [0.05, 0.1) is 22.8 Å². The molecule has 2 aliphatic rings. The van der Waals surface area contributed by atoms with Gasteiger partial charge >= 0.3 is 6.03 Å². The Kier molecular flexibility index (Phi) is 5.23. The summed E-state index contributed by atoms with van der Waals surface area (Å²) in [4.78, 5) is 39.9. The van der Waals surface area contributed by atoms with Crippen molar-refractivity contribution in [2.45, 2.75) is 45.6 Å². The maximum absolute atomic E-state index is 13.3. The van der Waals surface area contributed by atoms with Gasteiger partial charge < -0.3 is 10.6 Å². The molecule has 0 spiro atoms. The molecule has 1 aromatic heterocycles. The van der Waals surface area contributed by atoms with E-state index in [1.807, 2.05) is 55.5 Å². The van der Waals surface area contributed by atoms with Crippen LogP contribution in [0, 0.1) is 13.8 Å². The van der Waals surface area contributed by atoms with Gasteiger partial charge in [-0.15, -0.1) is 0 Å². The molecule has 2 aromatic carbocycles. The van der Waals surface area contributed by atoms with Gasteiger partial charge in [0.1, 0.15) is 12.1 Å². The number of hydrogen-bond donors (Lipinski definition) is 2. The Bertz CT molecular complexity index is 1310. The molecule has 0 radical (unpaired) electrons. The van der Waals surface area contributed by atoms with E-state index in [0.29, 0.717) is 11.4 Å². The molecular formula is C26H27N5O3. The van der Waals surface area contributed by atoms with Crippen LogP contribution in [0.15, 0.2) is 48.5 Å². The first kappa shape index (κ1) is 21.9. The van der Waals surface area contributed by atoms with Gasteiger partial charge in [0.15, 0.2) is 0 Å². The second-order valence-corrected chi connectivity index (χ2v) is 9.12. The molecule has 174 valence electrons. The highest BCUT2D eigenvalue weighted by Gasteiger charge is 2.49. The first-order valence-corrected chi connectivity index (χ1v) is 11.5. The van der Waals surface area contributed by atoms with E-state index in [4.69, 9.17) is 0 Å². The van der Waals surface area contributed by atoms with Crippen molar-refractivity contribution < 1.29 is 14.4 Å². The highest BCUT2D eigenvalue weighted by molar-refractivity contribution is 6.10. The van der Waals surface area contributed by atoms with Gasteiger partial charge in [-0.3, -0.25) is 14.5 Å². The number of anilines is 1. The van der Waals surface area contributed by atoms with E-state index in [2.05, 4.69) is 15.7 Å². The summed E-state index contributed by atoms with van der Waals surface area (Å²) in [5, 5.41) is 10.2. The summed E-state index contributed by atoms with van der Waals surface area (Å²) in [6.45, 7) is 4.99. The number of hydrogen-bond acceptors (Lipinski definition) is 4. The van der Waals surface area contributed by atoms with E-state index in [0.717, 1.165) is 41.1 Å². The lowest BCUT2D eigenvalue weighted by Gasteiger charge is -2.23. The van der Waals surface area contributed by atoms with Crippen LogP contribution >= 0.6 is 0 Å². The van der Waals surface area contributed by atoms with E-state index in [9.17, 15) is 14.4 Å². The maximum Gasteiger partial charge on any atom is 0.325 e. The largest absolute Gasteiger partial charge is 0.325 e. The molecule has 3 aromatic rings. The van der Waals surface area contributed by atoms with Crippen LogP contribution < -0.4 is 10.6 Å². The normalized spacial score (nSPS) is 19.3. The van der Waals surface area contributed by atoms with Crippen LogP contribution in [0.25, 0.3) is 5.69 Å². The topological polar surface area (TPSA) is 96.3 Å². The molecule has 0 unspecified atom stereocenters. The quantitative estimate of drug-likeness (QED) is 0.574. The van der Waals surface area contributed by atoms with Gasteiger partial charge in [0.25, 0.3) is 5.91 Å². The minimum absolute atomic E-state index is 0.374. The van der Waals surface area contributed by atoms with Crippen molar-refractivity contribution in [3.63, 3.8) is 0 Å². The Balaban J connectivity index is 1.33. The average molecular weight is 458 g/mol. The molecule has 1 aliphatic carbocycles. The molecule has 8 heteroatoms.